The molecule has 2 aromatic heterocycles. The molecule has 3 nitrogen and oxygen atoms in total. The molecule has 1 atom stereocenters. The molecule has 0 spiro atoms. The van der Waals surface area contributed by atoms with E-state index in [1.807, 2.05) is 11.3 Å². The van der Waals surface area contributed by atoms with Crippen molar-refractivity contribution < 1.29 is 0 Å². The number of aryl methyl sites for hydroxylation is 1. The molecule has 130 valence electrons. The van der Waals surface area contributed by atoms with Crippen molar-refractivity contribution in [2.24, 2.45) is 0 Å². The van der Waals surface area contributed by atoms with Crippen LogP contribution in [0.3, 0.4) is 0 Å². The van der Waals surface area contributed by atoms with Crippen molar-refractivity contribution in [1.82, 2.24) is 9.97 Å². The van der Waals surface area contributed by atoms with Gasteiger partial charge in [-0.15, -0.1) is 11.3 Å². The van der Waals surface area contributed by atoms with Crippen LogP contribution in [0.15, 0.2) is 36.4 Å². The zero-order chi connectivity index (χ0) is 17.2. The molecule has 0 N–H and O–H groups in total. The second-order valence-electron chi connectivity index (χ2n) is 6.95. The predicted octanol–water partition coefficient (Wildman–Crippen LogP) is 5.22. The van der Waals surface area contributed by atoms with Gasteiger partial charge in [-0.05, 0) is 44.2 Å². The third kappa shape index (κ3) is 3.40. The number of aromatic nitrogens is 2. The number of thiophene rings is 1. The highest BCUT2D eigenvalue weighted by molar-refractivity contribution is 7.18. The van der Waals surface area contributed by atoms with Crippen molar-refractivity contribution >= 4 is 27.4 Å². The van der Waals surface area contributed by atoms with E-state index in [-0.39, 0.29) is 0 Å². The molecular weight excluding hydrogens is 326 g/mol. The lowest BCUT2D eigenvalue weighted by Gasteiger charge is -2.35. The van der Waals surface area contributed by atoms with E-state index in [9.17, 15) is 0 Å². The van der Waals surface area contributed by atoms with Gasteiger partial charge in [0.1, 0.15) is 16.5 Å². The van der Waals surface area contributed by atoms with Crippen LogP contribution >= 0.6 is 11.3 Å². The van der Waals surface area contributed by atoms with Crippen LogP contribution in [0.25, 0.3) is 10.2 Å². The van der Waals surface area contributed by atoms with Gasteiger partial charge in [0.15, 0.2) is 0 Å². The lowest BCUT2D eigenvalue weighted by atomic mass is 10.0. The van der Waals surface area contributed by atoms with E-state index < -0.39 is 0 Å². The molecule has 4 heteroatoms. The lowest BCUT2D eigenvalue weighted by Crippen LogP contribution is -2.38. The summed E-state index contributed by atoms with van der Waals surface area (Å²) >= 11 is 1.82. The number of hydrogen-bond donors (Lipinski definition) is 0. The van der Waals surface area contributed by atoms with Crippen molar-refractivity contribution in [1.29, 1.82) is 0 Å². The van der Waals surface area contributed by atoms with Crippen LogP contribution in [-0.2, 0) is 12.8 Å². The number of anilines is 1. The Morgan fingerprint density at radius 1 is 1.16 bits per heavy atom. The molecule has 1 saturated heterocycles. The van der Waals surface area contributed by atoms with E-state index in [1.54, 1.807) is 0 Å². The number of benzene rings is 1. The molecule has 25 heavy (non-hydrogen) atoms. The Morgan fingerprint density at radius 3 is 2.76 bits per heavy atom. The number of nitrogens with zero attached hydrogens (tertiary/aromatic N) is 3. The summed E-state index contributed by atoms with van der Waals surface area (Å²) in [6, 6.07) is 13.4. The molecule has 1 aromatic carbocycles. The summed E-state index contributed by atoms with van der Waals surface area (Å²) < 4.78 is 0. The van der Waals surface area contributed by atoms with Gasteiger partial charge >= 0.3 is 0 Å². The third-order valence-electron chi connectivity index (χ3n) is 5.10. The Hall–Kier alpha value is -1.94. The SMILES string of the molecule is CCc1cc2c(N3CCCCC3C)nc(Cc3ccccc3)nc2s1. The minimum absolute atomic E-state index is 0.557. The lowest BCUT2D eigenvalue weighted by molar-refractivity contribution is 0.482. The monoisotopic (exact) mass is 351 g/mol. The summed E-state index contributed by atoms with van der Waals surface area (Å²) in [5.41, 5.74) is 1.27. The second-order valence-corrected chi connectivity index (χ2v) is 8.06. The van der Waals surface area contributed by atoms with Crippen LogP contribution in [-0.4, -0.2) is 22.6 Å². The van der Waals surface area contributed by atoms with Crippen LogP contribution in [0.2, 0.25) is 0 Å². The Labute approximate surface area is 153 Å². The zero-order valence-electron chi connectivity index (χ0n) is 15.0. The van der Waals surface area contributed by atoms with Crippen molar-refractivity contribution in [2.45, 2.75) is 52.0 Å². The van der Waals surface area contributed by atoms with Gasteiger partial charge in [-0.1, -0.05) is 37.3 Å². The maximum absolute atomic E-state index is 5.04. The Balaban J connectivity index is 1.79. The normalized spacial score (nSPS) is 18.0. The highest BCUT2D eigenvalue weighted by Gasteiger charge is 2.23. The van der Waals surface area contributed by atoms with Crippen LogP contribution in [0, 0.1) is 0 Å². The molecule has 0 amide bonds. The highest BCUT2D eigenvalue weighted by Crippen LogP contribution is 2.34. The van der Waals surface area contributed by atoms with Crippen LogP contribution in [0.1, 0.15) is 49.4 Å². The van der Waals surface area contributed by atoms with Gasteiger partial charge < -0.3 is 4.90 Å². The van der Waals surface area contributed by atoms with Crippen LogP contribution in [0.5, 0.6) is 0 Å². The van der Waals surface area contributed by atoms with E-state index in [2.05, 4.69) is 55.1 Å². The molecule has 4 rings (SSSR count). The van der Waals surface area contributed by atoms with Crippen molar-refractivity contribution in [3.8, 4) is 0 Å². The quantitative estimate of drug-likeness (QED) is 0.645. The smallest absolute Gasteiger partial charge is 0.141 e. The first-order valence-corrected chi connectivity index (χ1v) is 10.2. The Kier molecular flexibility index (Phi) is 4.71. The van der Waals surface area contributed by atoms with Crippen molar-refractivity contribution in [2.75, 3.05) is 11.4 Å². The average Bonchev–Trinajstić information content (AvgIpc) is 3.06. The molecule has 1 aliphatic rings. The number of piperidine rings is 1. The van der Waals surface area contributed by atoms with Crippen molar-refractivity contribution in [3.63, 3.8) is 0 Å². The van der Waals surface area contributed by atoms with Gasteiger partial charge in [0.25, 0.3) is 0 Å². The highest BCUT2D eigenvalue weighted by atomic mass is 32.1. The van der Waals surface area contributed by atoms with Crippen LogP contribution in [0.4, 0.5) is 5.82 Å². The van der Waals surface area contributed by atoms with E-state index in [4.69, 9.17) is 9.97 Å². The van der Waals surface area contributed by atoms with Crippen molar-refractivity contribution in [3.05, 3.63) is 52.7 Å². The summed E-state index contributed by atoms with van der Waals surface area (Å²) in [6.45, 7) is 5.65. The number of hydrogen-bond acceptors (Lipinski definition) is 4. The summed E-state index contributed by atoms with van der Waals surface area (Å²) in [4.78, 5) is 15.0. The first kappa shape index (κ1) is 16.5. The number of rotatable bonds is 4. The predicted molar refractivity (Wildman–Crippen MR) is 107 cm³/mol. The number of fused-ring (bicyclic) bond motifs is 1. The maximum Gasteiger partial charge on any atom is 0.141 e. The topological polar surface area (TPSA) is 29.0 Å². The average molecular weight is 352 g/mol. The molecule has 1 unspecified atom stereocenters. The summed E-state index contributed by atoms with van der Waals surface area (Å²) in [6.07, 6.45) is 5.70. The molecule has 0 bridgehead atoms. The van der Waals surface area contributed by atoms with Gasteiger partial charge in [-0.2, -0.15) is 0 Å². The summed E-state index contributed by atoms with van der Waals surface area (Å²) in [7, 11) is 0. The van der Waals surface area contributed by atoms with E-state index >= 15 is 0 Å². The molecule has 0 aliphatic carbocycles. The van der Waals surface area contributed by atoms with Crippen LogP contribution < -0.4 is 4.90 Å². The summed E-state index contributed by atoms with van der Waals surface area (Å²) in [5.74, 6) is 2.09. The van der Waals surface area contributed by atoms with Gasteiger partial charge in [0.05, 0.1) is 5.39 Å². The van der Waals surface area contributed by atoms with E-state index in [1.165, 1.54) is 35.1 Å². The third-order valence-corrected chi connectivity index (χ3v) is 6.27. The maximum atomic E-state index is 5.04. The largest absolute Gasteiger partial charge is 0.353 e. The molecule has 3 heterocycles. The standard InChI is InChI=1S/C21H25N3S/c1-3-17-14-18-20(24-12-8-7-9-15(24)2)22-19(23-21(18)25-17)13-16-10-5-4-6-11-16/h4-6,10-11,14-15H,3,7-9,12-13H2,1-2H3. The molecule has 3 aromatic rings. The minimum atomic E-state index is 0.557. The Bertz CT molecular complexity index is 856. The molecule has 0 saturated carbocycles. The van der Waals surface area contributed by atoms with Gasteiger partial charge in [0, 0.05) is 23.9 Å². The Morgan fingerprint density at radius 2 is 2.00 bits per heavy atom. The van der Waals surface area contributed by atoms with Gasteiger partial charge in [0.2, 0.25) is 0 Å². The zero-order valence-corrected chi connectivity index (χ0v) is 15.9. The second kappa shape index (κ2) is 7.12. The first-order chi connectivity index (χ1) is 12.2. The summed E-state index contributed by atoms with van der Waals surface area (Å²) in [5, 5.41) is 1.24. The fourth-order valence-corrected chi connectivity index (χ4v) is 4.64. The molecule has 1 aliphatic heterocycles. The fraction of sp³-hybridized carbons (Fsp3) is 0.429. The van der Waals surface area contributed by atoms with Gasteiger partial charge in [-0.3, -0.25) is 0 Å². The molecule has 1 fully saturated rings. The van der Waals surface area contributed by atoms with E-state index in [0.717, 1.165) is 35.9 Å². The molecular formula is C21H25N3S. The minimum Gasteiger partial charge on any atom is -0.353 e. The van der Waals surface area contributed by atoms with E-state index in [0.29, 0.717) is 6.04 Å². The molecule has 0 radical (unpaired) electrons. The van der Waals surface area contributed by atoms with Gasteiger partial charge in [-0.25, -0.2) is 9.97 Å². The fourth-order valence-electron chi connectivity index (χ4n) is 3.66. The first-order valence-electron chi connectivity index (χ1n) is 9.34.